The quantitative estimate of drug-likeness (QED) is 0.649. The van der Waals surface area contributed by atoms with Crippen molar-refractivity contribution in [3.63, 3.8) is 0 Å². The molecule has 1 aromatic rings. The van der Waals surface area contributed by atoms with Crippen LogP contribution in [-0.2, 0) is 17.8 Å². The maximum atomic E-state index is 5.65. The van der Waals surface area contributed by atoms with Gasteiger partial charge in [-0.15, -0.1) is 0 Å². The van der Waals surface area contributed by atoms with E-state index in [0.717, 1.165) is 45.4 Å². The third-order valence-electron chi connectivity index (χ3n) is 5.99. The fraction of sp³-hybridized carbons (Fsp3) is 0.667. The molecule has 1 N–H and O–H groups in total. The van der Waals surface area contributed by atoms with E-state index in [-0.39, 0.29) is 0 Å². The summed E-state index contributed by atoms with van der Waals surface area (Å²) in [5.41, 5.74) is 3.09. The molecule has 2 saturated heterocycles. The van der Waals surface area contributed by atoms with E-state index >= 15 is 0 Å². The monoisotopic (exact) mass is 358 g/mol. The molecule has 3 rings (SSSR count). The van der Waals surface area contributed by atoms with Gasteiger partial charge < -0.3 is 15.0 Å². The smallest absolute Gasteiger partial charge is 0.193 e. The summed E-state index contributed by atoms with van der Waals surface area (Å²) in [5, 5.41) is 3.59. The van der Waals surface area contributed by atoms with Crippen LogP contribution in [0.3, 0.4) is 0 Å². The van der Waals surface area contributed by atoms with Gasteiger partial charge in [0.2, 0.25) is 0 Å². The van der Waals surface area contributed by atoms with Crippen LogP contribution in [0.15, 0.2) is 29.3 Å². The molecule has 0 aliphatic carbocycles. The summed E-state index contributed by atoms with van der Waals surface area (Å²) in [7, 11) is 4.07. The van der Waals surface area contributed by atoms with Crippen LogP contribution in [0.4, 0.5) is 0 Å². The topological polar surface area (TPSA) is 40.1 Å². The number of likely N-dealkylation sites (tertiary alicyclic amines) is 1. The summed E-state index contributed by atoms with van der Waals surface area (Å²) < 4.78 is 5.65. The van der Waals surface area contributed by atoms with E-state index in [1.54, 1.807) is 0 Å². The molecule has 2 heterocycles. The van der Waals surface area contributed by atoms with Crippen LogP contribution in [0.25, 0.3) is 0 Å². The van der Waals surface area contributed by atoms with Gasteiger partial charge in [0, 0.05) is 51.3 Å². The number of aliphatic imine (C=N–C) groups is 1. The normalized spacial score (nSPS) is 23.6. The van der Waals surface area contributed by atoms with Gasteiger partial charge in [-0.05, 0) is 44.9 Å². The Balaban J connectivity index is 1.61. The predicted octanol–water partition coefficient (Wildman–Crippen LogP) is 2.71. The first-order valence-corrected chi connectivity index (χ1v) is 9.83. The van der Waals surface area contributed by atoms with Crippen molar-refractivity contribution in [2.24, 2.45) is 10.4 Å². The second-order valence-electron chi connectivity index (χ2n) is 8.15. The number of hydrogen-bond acceptors (Lipinski definition) is 3. The van der Waals surface area contributed by atoms with E-state index in [0.29, 0.717) is 11.5 Å². The van der Waals surface area contributed by atoms with E-state index in [1.807, 2.05) is 7.05 Å². The summed E-state index contributed by atoms with van der Waals surface area (Å²) in [6.07, 6.45) is 2.40. The van der Waals surface area contributed by atoms with Crippen molar-refractivity contribution in [3.05, 3.63) is 35.4 Å². The average molecular weight is 359 g/mol. The first-order chi connectivity index (χ1) is 12.5. The van der Waals surface area contributed by atoms with E-state index in [4.69, 9.17) is 4.74 Å². The molecule has 0 radical (unpaired) electrons. The van der Waals surface area contributed by atoms with Crippen LogP contribution in [0.1, 0.15) is 37.8 Å². The molecule has 2 aliphatic rings. The van der Waals surface area contributed by atoms with Crippen molar-refractivity contribution >= 4 is 5.96 Å². The molecule has 5 heteroatoms. The summed E-state index contributed by atoms with van der Waals surface area (Å²) >= 11 is 0. The summed E-state index contributed by atoms with van der Waals surface area (Å²) in [6.45, 7) is 10.2. The first-order valence-electron chi connectivity index (χ1n) is 9.83. The van der Waals surface area contributed by atoms with Crippen LogP contribution in [0.2, 0.25) is 0 Å². The Kier molecular flexibility index (Phi) is 6.20. The van der Waals surface area contributed by atoms with Crippen molar-refractivity contribution in [1.29, 1.82) is 0 Å². The van der Waals surface area contributed by atoms with Crippen LogP contribution >= 0.6 is 0 Å². The number of nitrogens with zero attached hydrogens (tertiary/aromatic N) is 3. The fourth-order valence-electron chi connectivity index (χ4n) is 3.93. The molecule has 1 atom stereocenters. The Bertz CT molecular complexity index is 622. The van der Waals surface area contributed by atoms with Crippen molar-refractivity contribution < 1.29 is 4.74 Å². The van der Waals surface area contributed by atoms with Gasteiger partial charge in [-0.3, -0.25) is 9.89 Å². The SMILES string of the molecule is CN=C(NCc1ccccc1CN(C)C(C)C)N1CCC2(CCOC2)C1. The van der Waals surface area contributed by atoms with Gasteiger partial charge in [-0.2, -0.15) is 0 Å². The lowest BCUT2D eigenvalue weighted by molar-refractivity contribution is 0.156. The summed E-state index contributed by atoms with van der Waals surface area (Å²) in [4.78, 5) is 9.31. The van der Waals surface area contributed by atoms with E-state index in [1.165, 1.54) is 24.0 Å². The molecular formula is C21H34N4O. The zero-order valence-electron chi connectivity index (χ0n) is 16.8. The minimum absolute atomic E-state index is 0.357. The minimum Gasteiger partial charge on any atom is -0.381 e. The molecule has 0 saturated carbocycles. The highest BCUT2D eigenvalue weighted by Gasteiger charge is 2.42. The molecular weight excluding hydrogens is 324 g/mol. The van der Waals surface area contributed by atoms with Crippen molar-refractivity contribution in [1.82, 2.24) is 15.1 Å². The van der Waals surface area contributed by atoms with Crippen molar-refractivity contribution in [2.75, 3.05) is 40.4 Å². The molecule has 2 fully saturated rings. The zero-order valence-corrected chi connectivity index (χ0v) is 16.8. The van der Waals surface area contributed by atoms with Gasteiger partial charge >= 0.3 is 0 Å². The summed E-state index contributed by atoms with van der Waals surface area (Å²) in [5.74, 6) is 1.01. The molecule has 144 valence electrons. The van der Waals surface area contributed by atoms with Crippen LogP contribution in [-0.4, -0.2) is 62.2 Å². The number of hydrogen-bond donors (Lipinski definition) is 1. The number of benzene rings is 1. The maximum Gasteiger partial charge on any atom is 0.193 e. The second-order valence-corrected chi connectivity index (χ2v) is 8.15. The predicted molar refractivity (Wildman–Crippen MR) is 107 cm³/mol. The Morgan fingerprint density at radius 3 is 2.73 bits per heavy atom. The zero-order chi connectivity index (χ0) is 18.6. The van der Waals surface area contributed by atoms with Crippen LogP contribution < -0.4 is 5.32 Å². The van der Waals surface area contributed by atoms with Gasteiger partial charge in [0.05, 0.1) is 6.61 Å². The largest absolute Gasteiger partial charge is 0.381 e. The van der Waals surface area contributed by atoms with E-state index in [2.05, 4.69) is 65.3 Å². The van der Waals surface area contributed by atoms with Gasteiger partial charge in [0.25, 0.3) is 0 Å². The van der Waals surface area contributed by atoms with Gasteiger partial charge in [-0.25, -0.2) is 0 Å². The molecule has 1 aromatic carbocycles. The van der Waals surface area contributed by atoms with Gasteiger partial charge in [0.1, 0.15) is 0 Å². The van der Waals surface area contributed by atoms with Crippen molar-refractivity contribution in [2.45, 2.75) is 45.8 Å². The first kappa shape index (κ1) is 19.2. The molecule has 5 nitrogen and oxygen atoms in total. The molecule has 26 heavy (non-hydrogen) atoms. The number of rotatable bonds is 5. The van der Waals surface area contributed by atoms with Crippen LogP contribution in [0, 0.1) is 5.41 Å². The lowest BCUT2D eigenvalue weighted by Crippen LogP contribution is -2.41. The highest BCUT2D eigenvalue weighted by molar-refractivity contribution is 5.80. The maximum absolute atomic E-state index is 5.65. The summed E-state index contributed by atoms with van der Waals surface area (Å²) in [6, 6.07) is 9.25. The van der Waals surface area contributed by atoms with E-state index < -0.39 is 0 Å². The van der Waals surface area contributed by atoms with Gasteiger partial charge in [-0.1, -0.05) is 24.3 Å². The molecule has 1 unspecified atom stereocenters. The Hall–Kier alpha value is -1.59. The lowest BCUT2D eigenvalue weighted by Gasteiger charge is -2.26. The Morgan fingerprint density at radius 1 is 1.31 bits per heavy atom. The fourth-order valence-corrected chi connectivity index (χ4v) is 3.93. The molecule has 1 spiro atoms. The van der Waals surface area contributed by atoms with Crippen LogP contribution in [0.5, 0.6) is 0 Å². The Morgan fingerprint density at radius 2 is 2.08 bits per heavy atom. The van der Waals surface area contributed by atoms with Gasteiger partial charge in [0.15, 0.2) is 5.96 Å². The third-order valence-corrected chi connectivity index (χ3v) is 5.99. The number of ether oxygens (including phenoxy) is 1. The molecule has 0 aromatic heterocycles. The Labute approximate surface area is 158 Å². The molecule has 0 amide bonds. The minimum atomic E-state index is 0.357. The number of nitrogens with one attached hydrogen (secondary N) is 1. The van der Waals surface area contributed by atoms with Crippen molar-refractivity contribution in [3.8, 4) is 0 Å². The second kappa shape index (κ2) is 8.40. The highest BCUT2D eigenvalue weighted by Crippen LogP contribution is 2.38. The number of guanidine groups is 1. The molecule has 0 bridgehead atoms. The molecule has 2 aliphatic heterocycles. The highest BCUT2D eigenvalue weighted by atomic mass is 16.5. The lowest BCUT2D eigenvalue weighted by atomic mass is 9.87. The van der Waals surface area contributed by atoms with E-state index in [9.17, 15) is 0 Å². The third kappa shape index (κ3) is 4.38. The average Bonchev–Trinajstić information content (AvgIpc) is 3.27. The standard InChI is InChI=1S/C21H34N4O/c1-17(2)24(4)14-19-8-6-5-7-18(19)13-23-20(22-3)25-11-9-21(15-25)10-12-26-16-21/h5-8,17H,9-16H2,1-4H3,(H,22,23).